The summed E-state index contributed by atoms with van der Waals surface area (Å²) in [5.41, 5.74) is 11.6. The number of nitrogens with zero attached hydrogens (tertiary/aromatic N) is 5. The predicted octanol–water partition coefficient (Wildman–Crippen LogP) is 10.8. The van der Waals surface area contributed by atoms with Crippen molar-refractivity contribution < 1.29 is 0 Å². The van der Waals surface area contributed by atoms with E-state index in [-0.39, 0.29) is 0 Å². The molecule has 9 aromatic rings. The average molecular weight is 636 g/mol. The Kier molecular flexibility index (Phi) is 6.56. The molecule has 0 saturated carbocycles. The van der Waals surface area contributed by atoms with Gasteiger partial charge in [0.25, 0.3) is 0 Å². The van der Waals surface area contributed by atoms with Crippen LogP contribution >= 0.6 is 0 Å². The van der Waals surface area contributed by atoms with Gasteiger partial charge in [-0.05, 0) is 77.4 Å². The zero-order chi connectivity index (χ0) is 33.8. The van der Waals surface area contributed by atoms with Crippen LogP contribution in [0, 0.1) is 34.0 Å². The molecule has 0 unspecified atom stereocenters. The summed E-state index contributed by atoms with van der Waals surface area (Å²) in [6, 6.07) is 57.9. The fourth-order valence-electron chi connectivity index (χ4n) is 7.43. The van der Waals surface area contributed by atoms with Crippen LogP contribution in [0.1, 0.15) is 16.7 Å². The minimum atomic E-state index is 0.579. The maximum absolute atomic E-state index is 10.3. The highest BCUT2D eigenvalue weighted by molar-refractivity contribution is 6.12. The quantitative estimate of drug-likeness (QED) is 0.193. The Balaban J connectivity index is 1.14. The zero-order valence-corrected chi connectivity index (χ0v) is 26.7. The van der Waals surface area contributed by atoms with E-state index in [0.29, 0.717) is 16.7 Å². The molecular weight excluding hydrogens is 611 g/mol. The molecule has 0 aliphatic heterocycles. The van der Waals surface area contributed by atoms with Crippen molar-refractivity contribution in [2.24, 2.45) is 0 Å². The molecule has 0 bridgehead atoms. The SMILES string of the molecule is N#Cc1ccc2c(c1)c1cccc(C#N)c1n2-c1ccc(-c2ccc(-c3c(C#N)cccc3-n3c4ccccc4c4ccccc43)cc2)cc1. The lowest BCUT2D eigenvalue weighted by Crippen LogP contribution is -1.99. The Labute approximate surface area is 287 Å². The lowest BCUT2D eigenvalue weighted by Gasteiger charge is -2.16. The van der Waals surface area contributed by atoms with Gasteiger partial charge in [0.1, 0.15) is 6.07 Å². The fourth-order valence-corrected chi connectivity index (χ4v) is 7.43. The van der Waals surface area contributed by atoms with Crippen LogP contribution in [0.2, 0.25) is 0 Å². The predicted molar refractivity (Wildman–Crippen MR) is 200 cm³/mol. The maximum atomic E-state index is 10.3. The van der Waals surface area contributed by atoms with Crippen LogP contribution in [0.4, 0.5) is 0 Å². The van der Waals surface area contributed by atoms with E-state index in [1.54, 1.807) is 0 Å². The van der Waals surface area contributed by atoms with E-state index in [0.717, 1.165) is 66.5 Å². The number of para-hydroxylation sites is 3. The molecule has 50 heavy (non-hydrogen) atoms. The smallest absolute Gasteiger partial charge is 0.101 e. The molecule has 230 valence electrons. The van der Waals surface area contributed by atoms with Gasteiger partial charge in [-0.3, -0.25) is 0 Å². The summed E-state index contributed by atoms with van der Waals surface area (Å²) in [5.74, 6) is 0. The molecule has 0 aliphatic carbocycles. The van der Waals surface area contributed by atoms with E-state index in [9.17, 15) is 15.8 Å². The van der Waals surface area contributed by atoms with E-state index >= 15 is 0 Å². The molecule has 0 amide bonds. The van der Waals surface area contributed by atoms with Crippen molar-refractivity contribution in [1.29, 1.82) is 15.8 Å². The molecule has 9 rings (SSSR count). The first-order chi connectivity index (χ1) is 24.7. The summed E-state index contributed by atoms with van der Waals surface area (Å²) in [7, 11) is 0. The third-order valence-electron chi connectivity index (χ3n) is 9.65. The third-order valence-corrected chi connectivity index (χ3v) is 9.65. The first-order valence-corrected chi connectivity index (χ1v) is 16.3. The molecule has 0 saturated heterocycles. The molecule has 0 radical (unpaired) electrons. The monoisotopic (exact) mass is 635 g/mol. The second-order valence-corrected chi connectivity index (χ2v) is 12.3. The Bertz CT molecular complexity index is 2890. The molecule has 2 heterocycles. The standard InChI is InChI=1S/C45H25N5/c46-26-29-15-24-42-39(25-29)38-11-5-8-34(28-48)45(38)49(42)35-22-20-31(21-23-35)30-16-18-32(19-17-30)44-33(27-47)7-6-14-43(44)50-40-12-3-1-9-36(40)37-10-2-4-13-41(37)50/h1-25H. The van der Waals surface area contributed by atoms with E-state index in [4.69, 9.17) is 0 Å². The molecule has 5 nitrogen and oxygen atoms in total. The topological polar surface area (TPSA) is 81.2 Å². The number of benzene rings is 7. The zero-order valence-electron chi connectivity index (χ0n) is 26.7. The summed E-state index contributed by atoms with van der Waals surface area (Å²) in [5, 5.41) is 34.0. The lowest BCUT2D eigenvalue weighted by atomic mass is 9.95. The van der Waals surface area contributed by atoms with Gasteiger partial charge in [-0.15, -0.1) is 0 Å². The van der Waals surface area contributed by atoms with Crippen molar-refractivity contribution >= 4 is 43.6 Å². The molecule has 0 aliphatic rings. The fraction of sp³-hybridized carbons (Fsp3) is 0. The molecule has 5 heteroatoms. The van der Waals surface area contributed by atoms with Gasteiger partial charge in [0.05, 0.1) is 56.6 Å². The van der Waals surface area contributed by atoms with Crippen molar-refractivity contribution in [2.45, 2.75) is 0 Å². The second kappa shape index (κ2) is 11.4. The number of hydrogen-bond donors (Lipinski definition) is 0. The van der Waals surface area contributed by atoms with Crippen LogP contribution < -0.4 is 0 Å². The number of fused-ring (bicyclic) bond motifs is 6. The van der Waals surface area contributed by atoms with Gasteiger partial charge in [-0.25, -0.2) is 0 Å². The summed E-state index contributed by atoms with van der Waals surface area (Å²) in [4.78, 5) is 0. The van der Waals surface area contributed by atoms with Crippen LogP contribution in [0.25, 0.3) is 77.2 Å². The van der Waals surface area contributed by atoms with Crippen molar-refractivity contribution in [2.75, 3.05) is 0 Å². The largest absolute Gasteiger partial charge is 0.309 e. The lowest BCUT2D eigenvalue weighted by molar-refractivity contribution is 1.17. The van der Waals surface area contributed by atoms with Gasteiger partial charge in [-0.2, -0.15) is 15.8 Å². The van der Waals surface area contributed by atoms with Crippen LogP contribution in [-0.2, 0) is 0 Å². The van der Waals surface area contributed by atoms with Crippen LogP contribution in [-0.4, -0.2) is 9.13 Å². The van der Waals surface area contributed by atoms with Gasteiger partial charge in [0, 0.05) is 32.8 Å². The minimum absolute atomic E-state index is 0.579. The highest BCUT2D eigenvalue weighted by Crippen LogP contribution is 2.39. The number of nitriles is 3. The van der Waals surface area contributed by atoms with E-state index in [1.165, 1.54) is 10.8 Å². The van der Waals surface area contributed by atoms with Crippen molar-refractivity contribution in [1.82, 2.24) is 9.13 Å². The highest BCUT2D eigenvalue weighted by Gasteiger charge is 2.19. The number of hydrogen-bond acceptors (Lipinski definition) is 3. The Morgan fingerprint density at radius 3 is 1.62 bits per heavy atom. The molecular formula is C45H25N5. The second-order valence-electron chi connectivity index (χ2n) is 12.3. The van der Waals surface area contributed by atoms with E-state index < -0.39 is 0 Å². The van der Waals surface area contributed by atoms with Crippen LogP contribution in [0.15, 0.2) is 152 Å². The van der Waals surface area contributed by atoms with Crippen molar-refractivity contribution in [3.8, 4) is 51.8 Å². The van der Waals surface area contributed by atoms with Gasteiger partial charge in [0.2, 0.25) is 0 Å². The molecule has 0 fully saturated rings. The van der Waals surface area contributed by atoms with Crippen LogP contribution in [0.3, 0.4) is 0 Å². The van der Waals surface area contributed by atoms with Crippen molar-refractivity contribution in [3.63, 3.8) is 0 Å². The van der Waals surface area contributed by atoms with Gasteiger partial charge in [-0.1, -0.05) is 91.0 Å². The summed E-state index contributed by atoms with van der Waals surface area (Å²) in [6.45, 7) is 0. The molecule has 0 spiro atoms. The van der Waals surface area contributed by atoms with Gasteiger partial charge >= 0.3 is 0 Å². The Hall–Kier alpha value is -7.39. The number of rotatable bonds is 4. The summed E-state index contributed by atoms with van der Waals surface area (Å²) < 4.78 is 4.37. The molecule has 7 aromatic carbocycles. The first kappa shape index (κ1) is 28.8. The van der Waals surface area contributed by atoms with Crippen molar-refractivity contribution in [3.05, 3.63) is 168 Å². The van der Waals surface area contributed by atoms with Gasteiger partial charge in [0.15, 0.2) is 0 Å². The molecule has 0 N–H and O–H groups in total. The van der Waals surface area contributed by atoms with Crippen LogP contribution in [0.5, 0.6) is 0 Å². The molecule has 2 aromatic heterocycles. The summed E-state index contributed by atoms with van der Waals surface area (Å²) in [6.07, 6.45) is 0. The van der Waals surface area contributed by atoms with E-state index in [1.807, 2.05) is 48.5 Å². The Morgan fingerprint density at radius 2 is 0.960 bits per heavy atom. The molecule has 0 atom stereocenters. The Morgan fingerprint density at radius 1 is 0.400 bits per heavy atom. The highest BCUT2D eigenvalue weighted by atomic mass is 15.0. The van der Waals surface area contributed by atoms with Gasteiger partial charge < -0.3 is 9.13 Å². The normalized spacial score (nSPS) is 11.1. The minimum Gasteiger partial charge on any atom is -0.309 e. The first-order valence-electron chi connectivity index (χ1n) is 16.3. The summed E-state index contributed by atoms with van der Waals surface area (Å²) >= 11 is 0. The average Bonchev–Trinajstić information content (AvgIpc) is 3.70. The third kappa shape index (κ3) is 4.31. The maximum Gasteiger partial charge on any atom is 0.101 e. The number of aromatic nitrogens is 2. The van der Waals surface area contributed by atoms with E-state index in [2.05, 4.69) is 130 Å².